The number of halogens is 1. The minimum absolute atomic E-state index is 0.121. The Morgan fingerprint density at radius 3 is 2.32 bits per heavy atom. The number of ether oxygens (including phenoxy) is 1. The van der Waals surface area contributed by atoms with Crippen molar-refractivity contribution >= 4 is 22.9 Å². The first-order valence-electron chi connectivity index (χ1n) is 12.2. The van der Waals surface area contributed by atoms with E-state index >= 15 is 0 Å². The molecular formula is C29H28FN3O3S. The van der Waals surface area contributed by atoms with Crippen LogP contribution in [0.15, 0.2) is 89.0 Å². The maximum atomic E-state index is 13.8. The first-order valence-corrected chi connectivity index (χ1v) is 13.1. The Bertz CT molecular complexity index is 1410. The second-order valence-electron chi connectivity index (χ2n) is 8.97. The third-order valence-electron chi connectivity index (χ3n) is 6.83. The van der Waals surface area contributed by atoms with Crippen LogP contribution < -0.4 is 14.5 Å². The van der Waals surface area contributed by atoms with E-state index in [0.717, 1.165) is 54.5 Å². The van der Waals surface area contributed by atoms with Crippen molar-refractivity contribution in [2.45, 2.75) is 12.5 Å². The quantitative estimate of drug-likeness (QED) is 0.351. The maximum absolute atomic E-state index is 13.8. The lowest BCUT2D eigenvalue weighted by Gasteiger charge is -2.40. The largest absolute Gasteiger partial charge is 0.495 e. The Balaban J connectivity index is 1.42. The molecule has 2 heterocycles. The molecule has 1 aromatic heterocycles. The highest BCUT2D eigenvalue weighted by Crippen LogP contribution is 2.31. The van der Waals surface area contributed by atoms with Crippen LogP contribution in [0.4, 0.5) is 10.1 Å². The third kappa shape index (κ3) is 5.35. The van der Waals surface area contributed by atoms with E-state index < -0.39 is 0 Å². The number of benzene rings is 3. The zero-order chi connectivity index (χ0) is 25.8. The zero-order valence-corrected chi connectivity index (χ0v) is 21.4. The first-order chi connectivity index (χ1) is 18.0. The van der Waals surface area contributed by atoms with Crippen molar-refractivity contribution < 1.29 is 13.9 Å². The van der Waals surface area contributed by atoms with Crippen molar-refractivity contribution in [2.75, 3.05) is 38.2 Å². The molecule has 1 fully saturated rings. The number of carbonyl (C=O) groups is 1. The predicted molar refractivity (Wildman–Crippen MR) is 144 cm³/mol. The fraction of sp³-hybridized carbons (Fsp3) is 0.241. The normalized spacial score (nSPS) is 14.9. The van der Waals surface area contributed by atoms with Crippen molar-refractivity contribution in [3.63, 3.8) is 0 Å². The number of anilines is 1. The van der Waals surface area contributed by atoms with E-state index in [1.165, 1.54) is 16.7 Å². The Morgan fingerprint density at radius 2 is 1.62 bits per heavy atom. The molecule has 5 rings (SSSR count). The summed E-state index contributed by atoms with van der Waals surface area (Å²) < 4.78 is 20.6. The van der Waals surface area contributed by atoms with Crippen LogP contribution in [-0.4, -0.2) is 48.7 Å². The molecule has 1 aliphatic rings. The van der Waals surface area contributed by atoms with Crippen LogP contribution in [0.5, 0.6) is 5.75 Å². The minimum Gasteiger partial charge on any atom is -0.495 e. The van der Waals surface area contributed by atoms with Gasteiger partial charge < -0.3 is 9.64 Å². The van der Waals surface area contributed by atoms with Crippen LogP contribution in [0.25, 0.3) is 0 Å². The van der Waals surface area contributed by atoms with Gasteiger partial charge >= 0.3 is 4.87 Å². The zero-order valence-electron chi connectivity index (χ0n) is 20.5. The Hall–Kier alpha value is -3.75. The fourth-order valence-electron chi connectivity index (χ4n) is 4.91. The highest BCUT2D eigenvalue weighted by Gasteiger charge is 2.28. The van der Waals surface area contributed by atoms with Crippen LogP contribution in [0, 0.1) is 5.82 Å². The Kier molecular flexibility index (Phi) is 7.48. The molecule has 37 heavy (non-hydrogen) atoms. The molecule has 0 aliphatic carbocycles. The summed E-state index contributed by atoms with van der Waals surface area (Å²) >= 11 is 1.03. The summed E-state index contributed by atoms with van der Waals surface area (Å²) in [5.74, 6) is 0.212. The van der Waals surface area contributed by atoms with E-state index in [4.69, 9.17) is 4.74 Å². The van der Waals surface area contributed by atoms with Gasteiger partial charge in [-0.2, -0.15) is 0 Å². The molecule has 0 spiro atoms. The fourth-order valence-corrected chi connectivity index (χ4v) is 5.65. The second kappa shape index (κ2) is 11.1. The average Bonchev–Trinajstić information content (AvgIpc) is 3.32. The van der Waals surface area contributed by atoms with Crippen molar-refractivity contribution in [2.24, 2.45) is 0 Å². The van der Waals surface area contributed by atoms with Crippen LogP contribution in [0.1, 0.15) is 27.7 Å². The molecule has 0 saturated carbocycles. The highest BCUT2D eigenvalue weighted by atomic mass is 32.1. The maximum Gasteiger partial charge on any atom is 0.314 e. The Morgan fingerprint density at radius 1 is 0.946 bits per heavy atom. The molecule has 0 bridgehead atoms. The molecular weight excluding hydrogens is 489 g/mol. The van der Waals surface area contributed by atoms with Gasteiger partial charge in [-0.1, -0.05) is 53.8 Å². The van der Waals surface area contributed by atoms with Gasteiger partial charge in [0.2, 0.25) is 0 Å². The van der Waals surface area contributed by atoms with Crippen LogP contribution in [0.2, 0.25) is 0 Å². The molecule has 0 amide bonds. The number of aromatic nitrogens is 1. The smallest absolute Gasteiger partial charge is 0.314 e. The van der Waals surface area contributed by atoms with Gasteiger partial charge in [0.1, 0.15) is 11.6 Å². The first kappa shape index (κ1) is 24.9. The highest BCUT2D eigenvalue weighted by molar-refractivity contribution is 7.07. The van der Waals surface area contributed by atoms with Crippen molar-refractivity contribution in [1.82, 2.24) is 9.47 Å². The number of para-hydroxylation sites is 2. The van der Waals surface area contributed by atoms with E-state index in [1.807, 2.05) is 24.3 Å². The molecule has 8 heteroatoms. The average molecular weight is 518 g/mol. The number of thiazole rings is 1. The van der Waals surface area contributed by atoms with Gasteiger partial charge in [-0.15, -0.1) is 0 Å². The molecule has 6 nitrogen and oxygen atoms in total. The van der Waals surface area contributed by atoms with Gasteiger partial charge in [0.15, 0.2) is 0 Å². The lowest BCUT2D eigenvalue weighted by molar-refractivity contribution is 0.0951. The Labute approximate surface area is 219 Å². The molecule has 190 valence electrons. The summed E-state index contributed by atoms with van der Waals surface area (Å²) in [5, 5.41) is 1.77. The minimum atomic E-state index is -0.333. The third-order valence-corrected chi connectivity index (χ3v) is 7.60. The summed E-state index contributed by atoms with van der Waals surface area (Å²) in [4.78, 5) is 30.3. The number of piperazine rings is 1. The lowest BCUT2D eigenvalue weighted by Crippen LogP contribution is -2.48. The summed E-state index contributed by atoms with van der Waals surface area (Å²) in [7, 11) is 1.68. The van der Waals surface area contributed by atoms with E-state index in [9.17, 15) is 14.0 Å². The summed E-state index contributed by atoms with van der Waals surface area (Å²) in [5.41, 5.74) is 3.13. The molecule has 1 atom stereocenters. The summed E-state index contributed by atoms with van der Waals surface area (Å²) in [6.07, 6.45) is 0.456. The van der Waals surface area contributed by atoms with Crippen molar-refractivity contribution in [3.8, 4) is 5.75 Å². The predicted octanol–water partition coefficient (Wildman–Crippen LogP) is 4.85. The number of nitrogens with zero attached hydrogens (tertiary/aromatic N) is 3. The van der Waals surface area contributed by atoms with Crippen LogP contribution >= 0.6 is 11.3 Å². The number of carbonyl (C=O) groups excluding carboxylic acids is 1. The van der Waals surface area contributed by atoms with Gasteiger partial charge in [0.25, 0.3) is 5.91 Å². The topological polar surface area (TPSA) is 54.8 Å². The van der Waals surface area contributed by atoms with E-state index in [1.54, 1.807) is 48.9 Å². The van der Waals surface area contributed by atoms with Crippen molar-refractivity contribution in [3.05, 3.63) is 117 Å². The number of rotatable bonds is 7. The van der Waals surface area contributed by atoms with Gasteiger partial charge in [-0.05, 0) is 42.0 Å². The van der Waals surface area contributed by atoms with Crippen LogP contribution in [0.3, 0.4) is 0 Å². The van der Waals surface area contributed by atoms with E-state index in [2.05, 4.69) is 15.9 Å². The van der Waals surface area contributed by atoms with Gasteiger partial charge in [0.05, 0.1) is 12.8 Å². The molecule has 0 radical (unpaired) electrons. The summed E-state index contributed by atoms with van der Waals surface area (Å²) in [6.45, 7) is 3.11. The molecule has 1 saturated heterocycles. The molecule has 1 unspecified atom stereocenters. The lowest BCUT2D eigenvalue weighted by atomic mass is 9.99. The standard InChI is InChI=1S/C29H28FN3O3S/c1-36-27-10-6-5-9-25(27)31-15-17-32(18-16-31)26(21-11-13-23(30)14-12-21)19-24-20-37-29(35)33(24)28(34)22-7-3-2-4-8-22/h2-14,20,26H,15-19H2,1H3. The number of methoxy groups -OCH3 is 1. The van der Waals surface area contributed by atoms with Gasteiger partial charge in [-0.25, -0.2) is 8.96 Å². The van der Waals surface area contributed by atoms with Gasteiger partial charge in [-0.3, -0.25) is 14.5 Å². The van der Waals surface area contributed by atoms with E-state index in [0.29, 0.717) is 17.7 Å². The monoisotopic (exact) mass is 517 g/mol. The SMILES string of the molecule is COc1ccccc1N1CCN(C(Cc2csc(=O)n2C(=O)c2ccccc2)c2ccc(F)cc2)CC1. The molecule has 4 aromatic rings. The number of hydrogen-bond donors (Lipinski definition) is 0. The summed E-state index contributed by atoms with van der Waals surface area (Å²) in [6, 6.07) is 23.2. The molecule has 0 N–H and O–H groups in total. The van der Waals surface area contributed by atoms with Gasteiger partial charge in [0, 0.05) is 55.3 Å². The number of hydrogen-bond acceptors (Lipinski definition) is 6. The molecule has 3 aromatic carbocycles. The van der Waals surface area contributed by atoms with Crippen LogP contribution in [-0.2, 0) is 6.42 Å². The molecule has 1 aliphatic heterocycles. The van der Waals surface area contributed by atoms with E-state index in [-0.39, 0.29) is 22.6 Å². The van der Waals surface area contributed by atoms with Crippen molar-refractivity contribution in [1.29, 1.82) is 0 Å². The second-order valence-corrected chi connectivity index (χ2v) is 9.79.